The normalized spacial score (nSPS) is 13.1. The Kier molecular flexibility index (Phi) is 9.57. The second-order valence-corrected chi connectivity index (χ2v) is 9.46. The van der Waals surface area contributed by atoms with E-state index in [4.69, 9.17) is 14.2 Å². The van der Waals surface area contributed by atoms with Gasteiger partial charge >= 0.3 is 0 Å². The lowest BCUT2D eigenvalue weighted by molar-refractivity contribution is -0.111. The smallest absolute Gasteiger partial charge is 0.300 e. The van der Waals surface area contributed by atoms with Gasteiger partial charge in [-0.3, -0.25) is 19.5 Å². The van der Waals surface area contributed by atoms with Crippen LogP contribution in [0.3, 0.4) is 0 Å². The van der Waals surface area contributed by atoms with Gasteiger partial charge in [0, 0.05) is 49.0 Å². The van der Waals surface area contributed by atoms with E-state index in [1.807, 2.05) is 0 Å². The number of benzene rings is 2. The molecule has 214 valence electrons. The molecule has 0 unspecified atom stereocenters. The van der Waals surface area contributed by atoms with Crippen molar-refractivity contribution in [2.24, 2.45) is 0 Å². The molecule has 0 atom stereocenters. The summed E-state index contributed by atoms with van der Waals surface area (Å²) in [6.45, 7) is 6.32. The molecule has 2 amide bonds. The van der Waals surface area contributed by atoms with Gasteiger partial charge in [0.1, 0.15) is 23.1 Å². The Hall–Kier alpha value is -4.98. The summed E-state index contributed by atoms with van der Waals surface area (Å²) in [6.07, 6.45) is 4.09. The first-order valence-electron chi connectivity index (χ1n) is 13.7. The summed E-state index contributed by atoms with van der Waals surface area (Å²) in [6, 6.07) is 17.4. The lowest BCUT2D eigenvalue weighted by Gasteiger charge is -2.26. The molecular formula is C32H31N5O5. The van der Waals surface area contributed by atoms with Crippen molar-refractivity contribution in [1.29, 1.82) is 0 Å². The van der Waals surface area contributed by atoms with E-state index in [9.17, 15) is 9.59 Å². The van der Waals surface area contributed by atoms with Crippen molar-refractivity contribution in [2.45, 2.75) is 13.3 Å². The number of pyridine rings is 2. The van der Waals surface area contributed by atoms with Crippen molar-refractivity contribution in [3.05, 3.63) is 78.6 Å². The largest absolute Gasteiger partial charge is 0.491 e. The molecule has 1 aliphatic rings. The van der Waals surface area contributed by atoms with E-state index in [2.05, 4.69) is 37.3 Å². The Bertz CT molecular complexity index is 1590. The molecule has 2 aromatic heterocycles. The number of carbonyl (C=O) groups is 2. The Balaban J connectivity index is 1.32. The number of fused-ring (bicyclic) bond motifs is 1. The molecule has 10 heteroatoms. The number of amides is 2. The van der Waals surface area contributed by atoms with Crippen LogP contribution >= 0.6 is 0 Å². The molecule has 0 saturated carbocycles. The Morgan fingerprint density at radius 2 is 1.81 bits per heavy atom. The molecule has 2 aromatic carbocycles. The Morgan fingerprint density at radius 3 is 2.57 bits per heavy atom. The zero-order valence-electron chi connectivity index (χ0n) is 23.3. The second kappa shape index (κ2) is 14.1. The fourth-order valence-electron chi connectivity index (χ4n) is 4.44. The fourth-order valence-corrected chi connectivity index (χ4v) is 4.44. The Morgan fingerprint density at radius 1 is 0.976 bits per heavy atom. The van der Waals surface area contributed by atoms with Crippen LogP contribution in [-0.2, 0) is 9.53 Å². The van der Waals surface area contributed by atoms with Gasteiger partial charge in [0.05, 0.1) is 31.0 Å². The molecule has 1 saturated heterocycles. The molecule has 0 aliphatic carbocycles. The van der Waals surface area contributed by atoms with Gasteiger partial charge in [-0.05, 0) is 67.8 Å². The summed E-state index contributed by atoms with van der Waals surface area (Å²) in [5.74, 6) is 6.44. The number of hydrogen-bond donors (Lipinski definition) is 2. The monoisotopic (exact) mass is 565 g/mol. The third-order valence-electron chi connectivity index (χ3n) is 6.52. The average Bonchev–Trinajstić information content (AvgIpc) is 3.01. The number of nitrogens with zero attached hydrogens (tertiary/aromatic N) is 3. The van der Waals surface area contributed by atoms with Crippen molar-refractivity contribution in [1.82, 2.24) is 14.9 Å². The van der Waals surface area contributed by atoms with Gasteiger partial charge in [-0.25, -0.2) is 4.98 Å². The molecule has 1 aliphatic heterocycles. The van der Waals surface area contributed by atoms with Crippen molar-refractivity contribution >= 4 is 34.2 Å². The zero-order valence-corrected chi connectivity index (χ0v) is 23.3. The second-order valence-electron chi connectivity index (χ2n) is 9.46. The number of carbonyl (C=O) groups excluding carboxylic acids is 2. The van der Waals surface area contributed by atoms with Crippen molar-refractivity contribution in [2.75, 3.05) is 50.1 Å². The van der Waals surface area contributed by atoms with Gasteiger partial charge in [-0.2, -0.15) is 0 Å². The lowest BCUT2D eigenvalue weighted by Crippen LogP contribution is -2.37. The van der Waals surface area contributed by atoms with Crippen LogP contribution in [0.25, 0.3) is 10.9 Å². The first-order chi connectivity index (χ1) is 20.6. The molecule has 1 fully saturated rings. The van der Waals surface area contributed by atoms with E-state index < -0.39 is 5.91 Å². The van der Waals surface area contributed by atoms with Gasteiger partial charge in [-0.1, -0.05) is 12.0 Å². The highest BCUT2D eigenvalue weighted by atomic mass is 16.5. The highest BCUT2D eigenvalue weighted by Crippen LogP contribution is 2.36. The van der Waals surface area contributed by atoms with E-state index in [0.29, 0.717) is 51.8 Å². The minimum Gasteiger partial charge on any atom is -0.491 e. The lowest BCUT2D eigenvalue weighted by atomic mass is 10.1. The predicted octanol–water partition coefficient (Wildman–Crippen LogP) is 4.74. The summed E-state index contributed by atoms with van der Waals surface area (Å²) in [5, 5.41) is 6.26. The molecule has 0 bridgehead atoms. The van der Waals surface area contributed by atoms with Gasteiger partial charge < -0.3 is 24.8 Å². The third-order valence-corrected chi connectivity index (χ3v) is 6.52. The first kappa shape index (κ1) is 28.5. The number of ether oxygens (including phenoxy) is 3. The minimum atomic E-state index is -0.444. The molecule has 5 rings (SSSR count). The predicted molar refractivity (Wildman–Crippen MR) is 160 cm³/mol. The van der Waals surface area contributed by atoms with Gasteiger partial charge in [0.2, 0.25) is 0 Å². The Labute approximate surface area is 244 Å². The summed E-state index contributed by atoms with van der Waals surface area (Å²) >= 11 is 0. The van der Waals surface area contributed by atoms with E-state index in [1.54, 1.807) is 80.0 Å². The standard InChI is InChI=1S/C32H31N5O5/c1-2-6-31(38)35-27-21-25-26(22-29(27)41-18-5-15-37-16-19-40-20-17-37)33-14-12-28(25)42-24-10-8-23(9-11-24)32(39)36-30-7-3-4-13-34-30/h3-4,7-14,21-22H,5,15-20H2,1H3,(H,35,38)(H,34,36,39). The molecule has 4 aromatic rings. The SMILES string of the molecule is CC#CC(=O)Nc1cc2c(Oc3ccc(C(=O)Nc4ccccn4)cc3)ccnc2cc1OCCCN1CCOCC1. The first-order valence-corrected chi connectivity index (χ1v) is 13.7. The van der Waals surface area contributed by atoms with Crippen molar-refractivity contribution in [3.63, 3.8) is 0 Å². The van der Waals surface area contributed by atoms with Crippen LogP contribution in [0.2, 0.25) is 0 Å². The van der Waals surface area contributed by atoms with Crippen molar-refractivity contribution in [3.8, 4) is 29.1 Å². The molecule has 42 heavy (non-hydrogen) atoms. The maximum absolute atomic E-state index is 12.6. The van der Waals surface area contributed by atoms with Crippen LogP contribution in [0, 0.1) is 11.8 Å². The molecule has 3 heterocycles. The molecule has 0 spiro atoms. The maximum Gasteiger partial charge on any atom is 0.300 e. The van der Waals surface area contributed by atoms with Gasteiger partial charge in [-0.15, -0.1) is 0 Å². The fraction of sp³-hybridized carbons (Fsp3) is 0.250. The number of anilines is 2. The quantitative estimate of drug-likeness (QED) is 0.209. The van der Waals surface area contributed by atoms with Crippen LogP contribution in [0.15, 0.2) is 73.1 Å². The van der Waals surface area contributed by atoms with Crippen LogP contribution in [0.1, 0.15) is 23.7 Å². The molecular weight excluding hydrogens is 534 g/mol. The van der Waals surface area contributed by atoms with E-state index in [1.165, 1.54) is 0 Å². The zero-order chi connectivity index (χ0) is 29.1. The highest BCUT2D eigenvalue weighted by molar-refractivity contribution is 6.06. The number of rotatable bonds is 10. The van der Waals surface area contributed by atoms with Gasteiger partial charge in [0.15, 0.2) is 0 Å². The minimum absolute atomic E-state index is 0.275. The third kappa shape index (κ3) is 7.60. The van der Waals surface area contributed by atoms with Crippen LogP contribution in [0.5, 0.6) is 17.2 Å². The number of aromatic nitrogens is 2. The maximum atomic E-state index is 12.6. The van der Waals surface area contributed by atoms with E-state index in [0.717, 1.165) is 39.3 Å². The van der Waals surface area contributed by atoms with Crippen LogP contribution in [-0.4, -0.2) is 66.1 Å². The highest BCUT2D eigenvalue weighted by Gasteiger charge is 2.15. The van der Waals surface area contributed by atoms with Crippen molar-refractivity contribution < 1.29 is 23.8 Å². The summed E-state index contributed by atoms with van der Waals surface area (Å²) in [4.78, 5) is 35.9. The van der Waals surface area contributed by atoms with Crippen LogP contribution in [0.4, 0.5) is 11.5 Å². The van der Waals surface area contributed by atoms with Gasteiger partial charge in [0.25, 0.3) is 11.8 Å². The van der Waals surface area contributed by atoms with E-state index >= 15 is 0 Å². The summed E-state index contributed by atoms with van der Waals surface area (Å²) in [5.41, 5.74) is 1.58. The summed E-state index contributed by atoms with van der Waals surface area (Å²) < 4.78 is 17.7. The number of morpholine rings is 1. The number of hydrogen-bond acceptors (Lipinski definition) is 8. The molecule has 10 nitrogen and oxygen atoms in total. The topological polar surface area (TPSA) is 115 Å². The summed E-state index contributed by atoms with van der Waals surface area (Å²) in [7, 11) is 0. The molecule has 2 N–H and O–H groups in total. The number of nitrogens with one attached hydrogen (secondary N) is 2. The average molecular weight is 566 g/mol. The van der Waals surface area contributed by atoms with E-state index in [-0.39, 0.29) is 5.91 Å². The van der Waals surface area contributed by atoms with Crippen LogP contribution < -0.4 is 20.1 Å². The molecule has 0 radical (unpaired) electrons.